The second-order valence-corrected chi connectivity index (χ2v) is 12.9. The zero-order chi connectivity index (χ0) is 28.3. The fraction of sp³-hybridized carbons (Fsp3) is 0.654. The summed E-state index contributed by atoms with van der Waals surface area (Å²) in [4.78, 5) is 39.4. The van der Waals surface area contributed by atoms with Gasteiger partial charge >= 0.3 is 6.03 Å². The molecule has 3 heterocycles. The van der Waals surface area contributed by atoms with Gasteiger partial charge in [0.15, 0.2) is 0 Å². The first-order chi connectivity index (χ1) is 18.5. The van der Waals surface area contributed by atoms with Crippen LogP contribution in [-0.2, 0) is 30.0 Å². The first kappa shape index (κ1) is 29.5. The first-order valence-electron chi connectivity index (χ1n) is 13.1. The Morgan fingerprint density at radius 2 is 1.85 bits per heavy atom. The lowest BCUT2D eigenvalue weighted by molar-refractivity contribution is -0.146. The fourth-order valence-corrected chi connectivity index (χ4v) is 5.61. The van der Waals surface area contributed by atoms with Gasteiger partial charge in [0.2, 0.25) is 11.8 Å². The standard InChI is InChI=1S/C26H35F2N3O7S/c1-26(2,3)39(35)30-22(18-12-16(4-5-20(18)27)38-17-8-11-37-14-17)21(28)13-19-23(32)29-25(34)31(24(19)33)15-6-9-36-10-7-15/h4-5,12,15,17,19,21-22,30H,6-11,13-14H2,1-3H3,(H,29,32,34)/t17-,19?,21+,22+,39-/m1/s1. The van der Waals surface area contributed by atoms with Crippen molar-refractivity contribution >= 4 is 28.8 Å². The zero-order valence-corrected chi connectivity index (χ0v) is 23.1. The van der Waals surface area contributed by atoms with Crippen LogP contribution in [0, 0.1) is 11.7 Å². The van der Waals surface area contributed by atoms with Crippen molar-refractivity contribution in [3.8, 4) is 5.75 Å². The van der Waals surface area contributed by atoms with Crippen LogP contribution in [-0.4, -0.2) is 76.4 Å². The highest BCUT2D eigenvalue weighted by Crippen LogP contribution is 2.33. The Bertz CT molecular complexity index is 1100. The van der Waals surface area contributed by atoms with Crippen molar-refractivity contribution in [3.63, 3.8) is 0 Å². The van der Waals surface area contributed by atoms with Crippen LogP contribution in [0.4, 0.5) is 13.6 Å². The van der Waals surface area contributed by atoms with E-state index in [1.807, 2.05) is 0 Å². The summed E-state index contributed by atoms with van der Waals surface area (Å²) in [6.45, 7) is 6.62. The molecule has 39 heavy (non-hydrogen) atoms. The highest BCUT2D eigenvalue weighted by Gasteiger charge is 2.46. The molecule has 0 aliphatic carbocycles. The zero-order valence-electron chi connectivity index (χ0n) is 22.2. The number of benzene rings is 1. The molecule has 1 aromatic rings. The van der Waals surface area contributed by atoms with Crippen LogP contribution in [0.5, 0.6) is 5.75 Å². The molecule has 0 spiro atoms. The van der Waals surface area contributed by atoms with Crippen LogP contribution in [0.2, 0.25) is 0 Å². The first-order valence-corrected chi connectivity index (χ1v) is 14.2. The molecule has 10 nitrogen and oxygen atoms in total. The largest absolute Gasteiger partial charge is 0.488 e. The molecule has 2 N–H and O–H groups in total. The van der Waals surface area contributed by atoms with Crippen molar-refractivity contribution in [2.45, 2.75) is 75.6 Å². The van der Waals surface area contributed by atoms with E-state index in [1.54, 1.807) is 20.8 Å². The van der Waals surface area contributed by atoms with Gasteiger partial charge in [0.1, 0.15) is 29.8 Å². The predicted molar refractivity (Wildman–Crippen MR) is 137 cm³/mol. The molecule has 0 bridgehead atoms. The van der Waals surface area contributed by atoms with Gasteiger partial charge in [-0.15, -0.1) is 0 Å². The summed E-state index contributed by atoms with van der Waals surface area (Å²) in [5, 5.41) is 2.15. The minimum Gasteiger partial charge on any atom is -0.488 e. The Hall–Kier alpha value is -2.48. The maximum atomic E-state index is 16.1. The number of urea groups is 1. The molecule has 1 aromatic carbocycles. The molecule has 3 fully saturated rings. The molecule has 3 saturated heterocycles. The number of amides is 4. The third kappa shape index (κ3) is 7.00. The number of hydrogen-bond acceptors (Lipinski definition) is 7. The van der Waals surface area contributed by atoms with Gasteiger partial charge in [-0.25, -0.2) is 22.5 Å². The lowest BCUT2D eigenvalue weighted by Gasteiger charge is -2.38. The summed E-state index contributed by atoms with van der Waals surface area (Å²) in [5.41, 5.74) is -0.155. The number of rotatable bonds is 9. The maximum absolute atomic E-state index is 16.1. The van der Waals surface area contributed by atoms with Crippen LogP contribution in [0.15, 0.2) is 18.2 Å². The van der Waals surface area contributed by atoms with Gasteiger partial charge in [0.25, 0.3) is 0 Å². The normalized spacial score (nSPS) is 25.4. The minimum absolute atomic E-state index is 0.155. The third-order valence-electron chi connectivity index (χ3n) is 6.96. The monoisotopic (exact) mass is 571 g/mol. The topological polar surface area (TPSA) is 123 Å². The van der Waals surface area contributed by atoms with Gasteiger partial charge in [-0.3, -0.25) is 19.8 Å². The highest BCUT2D eigenvalue weighted by atomic mass is 32.2. The number of barbiturate groups is 1. The number of nitrogens with zero attached hydrogens (tertiary/aromatic N) is 1. The molecule has 1 unspecified atom stereocenters. The van der Waals surface area contributed by atoms with E-state index < -0.39 is 70.0 Å². The van der Waals surface area contributed by atoms with Crippen LogP contribution in [0.1, 0.15) is 58.1 Å². The number of alkyl halides is 1. The summed E-state index contributed by atoms with van der Waals surface area (Å²) >= 11 is 0. The lowest BCUT2D eigenvalue weighted by Crippen LogP contribution is -2.62. The number of hydrogen-bond donors (Lipinski definition) is 2. The Morgan fingerprint density at radius 1 is 1.15 bits per heavy atom. The van der Waals surface area contributed by atoms with Crippen molar-refractivity contribution in [2.75, 3.05) is 26.4 Å². The molecule has 13 heteroatoms. The second-order valence-electron chi connectivity index (χ2n) is 10.9. The SMILES string of the molecule is CC(C)(C)[S@@](=O)N[C@@H](c1cc(O[C@@H]2CCOC2)ccc1F)[C@@H](F)CC1C(=O)NC(=O)N(C2CCOCC2)C1=O. The highest BCUT2D eigenvalue weighted by molar-refractivity contribution is 7.84. The summed E-state index contributed by atoms with van der Waals surface area (Å²) < 4.78 is 62.6. The molecule has 5 atom stereocenters. The molecular weight excluding hydrogens is 536 g/mol. The van der Waals surface area contributed by atoms with E-state index in [0.717, 1.165) is 11.0 Å². The van der Waals surface area contributed by atoms with Crippen LogP contribution >= 0.6 is 0 Å². The number of carbonyl (C=O) groups excluding carboxylic acids is 3. The summed E-state index contributed by atoms with van der Waals surface area (Å²) in [6, 6.07) is 1.07. The summed E-state index contributed by atoms with van der Waals surface area (Å²) in [7, 11) is -1.83. The molecular formula is C26H35F2N3O7S. The van der Waals surface area contributed by atoms with Crippen LogP contribution in [0.25, 0.3) is 0 Å². The van der Waals surface area contributed by atoms with Gasteiger partial charge in [0, 0.05) is 37.7 Å². The molecule has 3 aliphatic rings. The average molecular weight is 572 g/mol. The summed E-state index contributed by atoms with van der Waals surface area (Å²) in [6.07, 6.45) is -1.47. The van der Waals surface area contributed by atoms with Gasteiger partial charge in [-0.05, 0) is 51.8 Å². The van der Waals surface area contributed by atoms with Crippen molar-refractivity contribution in [2.24, 2.45) is 5.92 Å². The van der Waals surface area contributed by atoms with Gasteiger partial charge in [-0.2, -0.15) is 0 Å². The molecule has 4 amide bonds. The molecule has 0 radical (unpaired) electrons. The molecule has 0 aromatic heterocycles. The van der Waals surface area contributed by atoms with E-state index in [2.05, 4.69) is 10.0 Å². The van der Waals surface area contributed by atoms with Gasteiger partial charge in [-0.1, -0.05) is 0 Å². The molecule has 216 valence electrons. The molecule has 4 rings (SSSR count). The van der Waals surface area contributed by atoms with Crippen molar-refractivity contribution in [3.05, 3.63) is 29.6 Å². The lowest BCUT2D eigenvalue weighted by atomic mass is 9.90. The maximum Gasteiger partial charge on any atom is 0.331 e. The van der Waals surface area contributed by atoms with Crippen LogP contribution in [0.3, 0.4) is 0 Å². The Labute approximate surface area is 228 Å². The Morgan fingerprint density at radius 3 is 2.49 bits per heavy atom. The Balaban J connectivity index is 1.60. The van der Waals surface area contributed by atoms with E-state index >= 15 is 8.78 Å². The number of nitrogens with one attached hydrogen (secondary N) is 2. The van der Waals surface area contributed by atoms with E-state index in [9.17, 15) is 18.6 Å². The van der Waals surface area contributed by atoms with Crippen LogP contribution < -0.4 is 14.8 Å². The van der Waals surface area contributed by atoms with Crippen molar-refractivity contribution in [1.82, 2.24) is 14.9 Å². The van der Waals surface area contributed by atoms with E-state index in [1.165, 1.54) is 12.1 Å². The van der Waals surface area contributed by atoms with Gasteiger partial charge < -0.3 is 14.2 Å². The van der Waals surface area contributed by atoms with Crippen molar-refractivity contribution in [1.29, 1.82) is 0 Å². The smallest absolute Gasteiger partial charge is 0.331 e. The Kier molecular flexibility index (Phi) is 9.35. The quantitative estimate of drug-likeness (QED) is 0.437. The van der Waals surface area contributed by atoms with Crippen molar-refractivity contribution < 1.29 is 41.6 Å². The predicted octanol–water partition coefficient (Wildman–Crippen LogP) is 2.69. The number of halogens is 2. The number of ether oxygens (including phenoxy) is 3. The number of imide groups is 2. The van der Waals surface area contributed by atoms with E-state index in [-0.39, 0.29) is 17.4 Å². The van der Waals surface area contributed by atoms with E-state index in [0.29, 0.717) is 45.7 Å². The number of carbonyl (C=O) groups is 3. The molecule has 3 aliphatic heterocycles. The second kappa shape index (κ2) is 12.4. The van der Waals surface area contributed by atoms with E-state index in [4.69, 9.17) is 14.2 Å². The minimum atomic E-state index is -2.03. The average Bonchev–Trinajstić information content (AvgIpc) is 3.39. The van der Waals surface area contributed by atoms with Gasteiger partial charge in [0.05, 0.1) is 35.0 Å². The summed E-state index contributed by atoms with van der Waals surface area (Å²) in [5.74, 6) is -3.75. The third-order valence-corrected chi connectivity index (χ3v) is 8.54. The fourth-order valence-electron chi connectivity index (χ4n) is 4.75. The molecule has 0 saturated carbocycles.